The number of amidine groups is 1. The van der Waals surface area contributed by atoms with Crippen molar-refractivity contribution in [3.05, 3.63) is 58.7 Å². The molecule has 2 aromatic rings. The number of halogens is 1. The molecule has 6 heteroatoms. The van der Waals surface area contributed by atoms with E-state index in [-0.39, 0.29) is 29.1 Å². The Morgan fingerprint density at radius 1 is 1.11 bits per heavy atom. The van der Waals surface area contributed by atoms with Gasteiger partial charge in [0, 0.05) is 34.8 Å². The first-order valence-corrected chi connectivity index (χ1v) is 13.7. The van der Waals surface area contributed by atoms with Crippen LogP contribution in [0.5, 0.6) is 5.75 Å². The molecule has 0 spiro atoms. The number of hydrogen-bond acceptors (Lipinski definition) is 4. The highest BCUT2D eigenvalue weighted by Crippen LogP contribution is 2.40. The van der Waals surface area contributed by atoms with Crippen molar-refractivity contribution in [2.45, 2.75) is 78.6 Å². The summed E-state index contributed by atoms with van der Waals surface area (Å²) in [7, 11) is 0. The molecule has 5 nitrogen and oxygen atoms in total. The number of phenolic OH excluding ortho intramolecular Hbond substituents is 1. The molecule has 0 aliphatic carbocycles. The summed E-state index contributed by atoms with van der Waals surface area (Å²) in [5.74, 6) is 1.83. The van der Waals surface area contributed by atoms with E-state index in [2.05, 4.69) is 79.6 Å². The third kappa shape index (κ3) is 6.13. The summed E-state index contributed by atoms with van der Waals surface area (Å²) in [6.45, 7) is 15.6. The molecule has 3 N–H and O–H groups in total. The molecular weight excluding hydrogens is 514 g/mol. The number of nitrogens with zero attached hydrogens (tertiary/aromatic N) is 2. The lowest BCUT2D eigenvalue weighted by Crippen LogP contribution is -2.33. The van der Waals surface area contributed by atoms with Gasteiger partial charge in [-0.3, -0.25) is 4.79 Å². The quantitative estimate of drug-likeness (QED) is 0.283. The second-order valence-electron chi connectivity index (χ2n) is 12.2. The maximum absolute atomic E-state index is 13.7. The van der Waals surface area contributed by atoms with Gasteiger partial charge in [-0.25, -0.2) is 0 Å². The highest BCUT2D eigenvalue weighted by atomic mass is 79.9. The predicted octanol–water partition coefficient (Wildman–Crippen LogP) is 7.05. The van der Waals surface area contributed by atoms with Crippen LogP contribution in [0.15, 0.2) is 40.4 Å². The lowest BCUT2D eigenvalue weighted by Gasteiger charge is -2.28. The van der Waals surface area contributed by atoms with Crippen molar-refractivity contribution < 1.29 is 9.90 Å². The first-order chi connectivity index (χ1) is 16.8. The van der Waals surface area contributed by atoms with Gasteiger partial charge in [-0.15, -0.1) is 0 Å². The van der Waals surface area contributed by atoms with Crippen molar-refractivity contribution in [3.8, 4) is 5.75 Å². The van der Waals surface area contributed by atoms with Crippen LogP contribution in [0.1, 0.15) is 88.4 Å². The number of anilines is 1. The van der Waals surface area contributed by atoms with Gasteiger partial charge in [-0.05, 0) is 53.4 Å². The van der Waals surface area contributed by atoms with E-state index in [9.17, 15) is 9.90 Å². The fraction of sp³-hybridized carbons (Fsp3) is 0.533. The Bertz CT molecular complexity index is 1090. The molecule has 2 atom stereocenters. The SMILES string of the molecule is CCC[C@H]1CN(CC(=O)c2cc(C(C)(C)C)c(O)c(C(C)(C)C)c2)/C(=N\Br)[C@@H]1Cc1ccccc1N. The zero-order chi connectivity index (χ0) is 26.8. The smallest absolute Gasteiger partial charge is 0.182 e. The van der Waals surface area contributed by atoms with Crippen molar-refractivity contribution >= 4 is 33.5 Å². The van der Waals surface area contributed by atoms with Crippen molar-refractivity contribution in [1.82, 2.24) is 4.90 Å². The topological polar surface area (TPSA) is 78.9 Å². The fourth-order valence-electron chi connectivity index (χ4n) is 5.29. The lowest BCUT2D eigenvalue weighted by atomic mass is 9.78. The van der Waals surface area contributed by atoms with Crippen LogP contribution in [-0.2, 0) is 17.3 Å². The standard InChI is InChI=1S/C30H42BrN3O2/c1-8-11-20-17-34(28(33-31)22(20)14-19-12-9-10-13-25(19)32)18-26(35)21-15-23(29(2,3)4)27(36)24(16-21)30(5,6)7/h9-10,12-13,15-16,20,22,36H,8,11,14,17-18,32H2,1-7H3/b33-28-/t20-,22+/m0/s1. The summed E-state index contributed by atoms with van der Waals surface area (Å²) in [6, 6.07) is 11.7. The first kappa shape index (κ1) is 28.2. The van der Waals surface area contributed by atoms with Crippen LogP contribution in [-0.4, -0.2) is 34.7 Å². The van der Waals surface area contributed by atoms with Crippen LogP contribution in [0, 0.1) is 11.8 Å². The number of rotatable bonds is 7. The number of para-hydroxylation sites is 1. The Labute approximate surface area is 225 Å². The van der Waals surface area contributed by atoms with Gasteiger partial charge in [-0.2, -0.15) is 4.02 Å². The minimum Gasteiger partial charge on any atom is -0.507 e. The summed E-state index contributed by atoms with van der Waals surface area (Å²) >= 11 is 3.37. The molecule has 0 amide bonds. The van der Waals surface area contributed by atoms with Crippen LogP contribution >= 0.6 is 16.1 Å². The molecular formula is C30H42BrN3O2. The number of carbonyl (C=O) groups is 1. The molecule has 1 aliphatic heterocycles. The number of phenols is 1. The monoisotopic (exact) mass is 555 g/mol. The molecule has 1 heterocycles. The summed E-state index contributed by atoms with van der Waals surface area (Å²) in [6.07, 6.45) is 2.94. The summed E-state index contributed by atoms with van der Waals surface area (Å²) in [4.78, 5) is 15.8. The fourth-order valence-corrected chi connectivity index (χ4v) is 5.78. The van der Waals surface area contributed by atoms with E-state index in [0.29, 0.717) is 17.2 Å². The average molecular weight is 557 g/mol. The van der Waals surface area contributed by atoms with Crippen molar-refractivity contribution in [2.24, 2.45) is 15.9 Å². The van der Waals surface area contributed by atoms with Gasteiger partial charge >= 0.3 is 0 Å². The summed E-state index contributed by atoms with van der Waals surface area (Å²) in [5.41, 5.74) is 9.85. The third-order valence-corrected chi connectivity index (χ3v) is 7.67. The number of ketones is 1. The van der Waals surface area contributed by atoms with Crippen LogP contribution in [0.2, 0.25) is 0 Å². The van der Waals surface area contributed by atoms with Gasteiger partial charge in [0.2, 0.25) is 0 Å². The number of benzene rings is 2. The molecule has 1 saturated heterocycles. The number of Topliss-reactive ketones (excluding diaryl/α,β-unsaturated/α-hetero) is 1. The highest BCUT2D eigenvalue weighted by molar-refractivity contribution is 9.08. The summed E-state index contributed by atoms with van der Waals surface area (Å²) in [5, 5.41) is 11.1. The maximum atomic E-state index is 13.7. The molecule has 2 aromatic carbocycles. The molecule has 0 bridgehead atoms. The van der Waals surface area contributed by atoms with E-state index < -0.39 is 0 Å². The van der Waals surface area contributed by atoms with Crippen molar-refractivity contribution in [2.75, 3.05) is 18.8 Å². The molecule has 196 valence electrons. The Morgan fingerprint density at radius 3 is 2.19 bits per heavy atom. The Hall–Kier alpha value is -2.34. The van der Waals surface area contributed by atoms with E-state index in [1.807, 2.05) is 30.3 Å². The van der Waals surface area contributed by atoms with Crippen LogP contribution in [0.3, 0.4) is 0 Å². The molecule has 0 aromatic heterocycles. The molecule has 0 unspecified atom stereocenters. The van der Waals surface area contributed by atoms with Gasteiger partial charge in [0.1, 0.15) is 11.6 Å². The van der Waals surface area contributed by atoms with Gasteiger partial charge in [0.05, 0.1) is 22.7 Å². The van der Waals surface area contributed by atoms with Gasteiger partial charge < -0.3 is 15.7 Å². The van der Waals surface area contributed by atoms with E-state index >= 15 is 0 Å². The van der Waals surface area contributed by atoms with Crippen LogP contribution in [0.4, 0.5) is 5.69 Å². The zero-order valence-electron chi connectivity index (χ0n) is 22.9. The van der Waals surface area contributed by atoms with Crippen molar-refractivity contribution in [3.63, 3.8) is 0 Å². The normalized spacial score (nSPS) is 19.8. The molecule has 36 heavy (non-hydrogen) atoms. The summed E-state index contributed by atoms with van der Waals surface area (Å²) < 4.78 is 4.51. The maximum Gasteiger partial charge on any atom is 0.182 e. The van der Waals surface area contributed by atoms with E-state index in [1.165, 1.54) is 0 Å². The van der Waals surface area contributed by atoms with Gasteiger partial charge in [0.25, 0.3) is 0 Å². The minimum absolute atomic E-state index is 0.0368. The molecule has 3 rings (SSSR count). The molecule has 0 radical (unpaired) electrons. The number of hydrogen-bond donors (Lipinski definition) is 2. The molecule has 0 saturated carbocycles. The number of likely N-dealkylation sites (tertiary alicyclic amines) is 1. The largest absolute Gasteiger partial charge is 0.507 e. The molecule has 1 fully saturated rings. The second-order valence-corrected chi connectivity index (χ2v) is 12.6. The van der Waals surface area contributed by atoms with Gasteiger partial charge in [-0.1, -0.05) is 73.1 Å². The molecule has 1 aliphatic rings. The van der Waals surface area contributed by atoms with Crippen LogP contribution in [0.25, 0.3) is 0 Å². The second kappa shape index (κ2) is 11.0. The van der Waals surface area contributed by atoms with E-state index in [0.717, 1.165) is 54.0 Å². The highest BCUT2D eigenvalue weighted by Gasteiger charge is 2.39. The predicted molar refractivity (Wildman–Crippen MR) is 154 cm³/mol. The van der Waals surface area contributed by atoms with Crippen molar-refractivity contribution in [1.29, 1.82) is 0 Å². The number of aromatic hydroxyl groups is 1. The first-order valence-electron chi connectivity index (χ1n) is 13.0. The number of carbonyl (C=O) groups excluding carboxylic acids is 1. The Balaban J connectivity index is 1.94. The van der Waals surface area contributed by atoms with Gasteiger partial charge in [0.15, 0.2) is 5.78 Å². The Kier molecular flexibility index (Phi) is 8.59. The van der Waals surface area contributed by atoms with E-state index in [4.69, 9.17) is 5.73 Å². The van der Waals surface area contributed by atoms with E-state index in [1.54, 1.807) is 0 Å². The number of nitrogens with two attached hydrogens (primary N) is 1. The van der Waals surface area contributed by atoms with Crippen LogP contribution < -0.4 is 5.73 Å². The Morgan fingerprint density at radius 2 is 1.69 bits per heavy atom. The lowest BCUT2D eigenvalue weighted by molar-refractivity contribution is 0.0963. The average Bonchev–Trinajstić information content (AvgIpc) is 3.09. The number of nitrogen functional groups attached to an aromatic ring is 1. The minimum atomic E-state index is -0.288. The zero-order valence-corrected chi connectivity index (χ0v) is 24.4. The third-order valence-electron chi connectivity index (χ3n) is 7.30.